The minimum Gasteiger partial charge on any atom is -0.311 e. The fraction of sp³-hybridized carbons (Fsp3) is 1.00. The summed E-state index contributed by atoms with van der Waals surface area (Å²) in [5.41, 5.74) is 0.453. The molecule has 1 aliphatic heterocycles. The van der Waals surface area contributed by atoms with Crippen LogP contribution in [0.5, 0.6) is 0 Å². The summed E-state index contributed by atoms with van der Waals surface area (Å²) in [6.45, 7) is 17.7. The fourth-order valence-corrected chi connectivity index (χ4v) is 2.70. The van der Waals surface area contributed by atoms with Gasteiger partial charge in [0, 0.05) is 25.2 Å². The maximum Gasteiger partial charge on any atom is 0.0221 e. The SMILES string of the molecule is CCCC1CNC(C(C)C)CN1CCC(C)(C)C. The van der Waals surface area contributed by atoms with Crippen molar-refractivity contribution in [1.82, 2.24) is 10.2 Å². The van der Waals surface area contributed by atoms with Crippen LogP contribution in [0.1, 0.15) is 60.8 Å². The van der Waals surface area contributed by atoms with E-state index < -0.39 is 0 Å². The number of nitrogens with one attached hydrogen (secondary N) is 1. The zero-order valence-electron chi connectivity index (χ0n) is 13.4. The maximum atomic E-state index is 3.74. The van der Waals surface area contributed by atoms with Crippen LogP contribution in [0, 0.1) is 11.3 Å². The first-order valence-electron chi connectivity index (χ1n) is 7.81. The van der Waals surface area contributed by atoms with E-state index in [0.29, 0.717) is 11.5 Å². The van der Waals surface area contributed by atoms with Crippen molar-refractivity contribution in [2.45, 2.75) is 72.9 Å². The highest BCUT2D eigenvalue weighted by Gasteiger charge is 2.29. The average molecular weight is 254 g/mol. The van der Waals surface area contributed by atoms with E-state index in [2.05, 4.69) is 51.8 Å². The van der Waals surface area contributed by atoms with Gasteiger partial charge in [-0.3, -0.25) is 4.90 Å². The Labute approximate surface area is 115 Å². The topological polar surface area (TPSA) is 15.3 Å². The summed E-state index contributed by atoms with van der Waals surface area (Å²) in [5.74, 6) is 0.740. The second kappa shape index (κ2) is 6.91. The van der Waals surface area contributed by atoms with Crippen LogP contribution in [-0.4, -0.2) is 36.6 Å². The molecular weight excluding hydrogens is 220 g/mol. The van der Waals surface area contributed by atoms with Crippen molar-refractivity contribution in [2.24, 2.45) is 11.3 Å². The zero-order valence-corrected chi connectivity index (χ0v) is 13.4. The number of rotatable bonds is 5. The van der Waals surface area contributed by atoms with E-state index in [9.17, 15) is 0 Å². The molecule has 0 bridgehead atoms. The molecule has 1 saturated heterocycles. The van der Waals surface area contributed by atoms with Crippen molar-refractivity contribution < 1.29 is 0 Å². The van der Waals surface area contributed by atoms with Gasteiger partial charge in [-0.05, 0) is 30.7 Å². The third-order valence-corrected chi connectivity index (χ3v) is 4.14. The molecule has 1 N–H and O–H groups in total. The molecule has 18 heavy (non-hydrogen) atoms. The second-order valence-corrected chi connectivity index (χ2v) is 7.51. The first-order valence-corrected chi connectivity index (χ1v) is 7.81. The van der Waals surface area contributed by atoms with Crippen LogP contribution in [0.25, 0.3) is 0 Å². The van der Waals surface area contributed by atoms with Crippen LogP contribution in [0.2, 0.25) is 0 Å². The van der Waals surface area contributed by atoms with E-state index in [-0.39, 0.29) is 0 Å². The molecule has 2 nitrogen and oxygen atoms in total. The third kappa shape index (κ3) is 5.27. The Morgan fingerprint density at radius 2 is 1.94 bits per heavy atom. The molecule has 1 heterocycles. The van der Waals surface area contributed by atoms with Crippen molar-refractivity contribution >= 4 is 0 Å². The first-order chi connectivity index (χ1) is 8.33. The molecule has 0 aromatic heterocycles. The summed E-state index contributed by atoms with van der Waals surface area (Å²) < 4.78 is 0. The molecule has 1 fully saturated rings. The predicted octanol–water partition coefficient (Wildman–Crippen LogP) is 3.52. The lowest BCUT2D eigenvalue weighted by Gasteiger charge is -2.43. The van der Waals surface area contributed by atoms with Gasteiger partial charge in [-0.1, -0.05) is 48.0 Å². The average Bonchev–Trinajstić information content (AvgIpc) is 2.26. The minimum atomic E-state index is 0.453. The van der Waals surface area contributed by atoms with Gasteiger partial charge >= 0.3 is 0 Å². The number of hydrogen-bond acceptors (Lipinski definition) is 2. The number of hydrogen-bond donors (Lipinski definition) is 1. The minimum absolute atomic E-state index is 0.453. The smallest absolute Gasteiger partial charge is 0.0221 e. The molecule has 0 aromatic carbocycles. The van der Waals surface area contributed by atoms with Crippen LogP contribution in [0.15, 0.2) is 0 Å². The molecule has 108 valence electrons. The van der Waals surface area contributed by atoms with Gasteiger partial charge in [-0.2, -0.15) is 0 Å². The number of nitrogens with zero attached hydrogens (tertiary/aromatic N) is 1. The van der Waals surface area contributed by atoms with Crippen molar-refractivity contribution in [3.05, 3.63) is 0 Å². The molecule has 0 aliphatic carbocycles. The molecular formula is C16H34N2. The third-order valence-electron chi connectivity index (χ3n) is 4.14. The lowest BCUT2D eigenvalue weighted by atomic mass is 9.90. The van der Waals surface area contributed by atoms with Crippen molar-refractivity contribution in [1.29, 1.82) is 0 Å². The van der Waals surface area contributed by atoms with Crippen molar-refractivity contribution in [3.8, 4) is 0 Å². The van der Waals surface area contributed by atoms with Crippen LogP contribution in [0.4, 0.5) is 0 Å². The Bertz CT molecular complexity index is 230. The van der Waals surface area contributed by atoms with Gasteiger partial charge in [0.15, 0.2) is 0 Å². The van der Waals surface area contributed by atoms with Gasteiger partial charge in [0.25, 0.3) is 0 Å². The quantitative estimate of drug-likeness (QED) is 0.807. The zero-order chi connectivity index (χ0) is 13.8. The largest absolute Gasteiger partial charge is 0.311 e. The van der Waals surface area contributed by atoms with Gasteiger partial charge in [0.1, 0.15) is 0 Å². The van der Waals surface area contributed by atoms with Crippen molar-refractivity contribution in [3.63, 3.8) is 0 Å². The van der Waals surface area contributed by atoms with E-state index in [1.165, 1.54) is 38.9 Å². The second-order valence-electron chi connectivity index (χ2n) is 7.51. The summed E-state index contributed by atoms with van der Waals surface area (Å²) in [6, 6.07) is 1.44. The van der Waals surface area contributed by atoms with E-state index in [0.717, 1.165) is 12.0 Å². The molecule has 2 unspecified atom stereocenters. The van der Waals surface area contributed by atoms with Gasteiger partial charge in [-0.25, -0.2) is 0 Å². The van der Waals surface area contributed by atoms with E-state index >= 15 is 0 Å². The molecule has 2 heteroatoms. The summed E-state index contributed by atoms with van der Waals surface area (Å²) in [7, 11) is 0. The highest BCUT2D eigenvalue weighted by Crippen LogP contribution is 2.22. The Balaban J connectivity index is 2.54. The standard InChI is InChI=1S/C16H34N2/c1-7-8-14-11-17-15(13(2)3)12-18(14)10-9-16(4,5)6/h13-15,17H,7-12H2,1-6H3. The summed E-state index contributed by atoms with van der Waals surface area (Å²) in [6.07, 6.45) is 3.94. The molecule has 2 atom stereocenters. The molecule has 1 aliphatic rings. The first kappa shape index (κ1) is 16.0. The molecule has 1 rings (SSSR count). The fourth-order valence-electron chi connectivity index (χ4n) is 2.70. The summed E-state index contributed by atoms with van der Waals surface area (Å²) >= 11 is 0. The van der Waals surface area contributed by atoms with Crippen LogP contribution < -0.4 is 5.32 Å². The molecule has 0 saturated carbocycles. The van der Waals surface area contributed by atoms with Gasteiger partial charge in [0.2, 0.25) is 0 Å². The van der Waals surface area contributed by atoms with Gasteiger partial charge < -0.3 is 5.32 Å². The normalized spacial score (nSPS) is 26.8. The highest BCUT2D eigenvalue weighted by molar-refractivity contribution is 4.87. The molecule has 0 radical (unpaired) electrons. The van der Waals surface area contributed by atoms with Crippen LogP contribution in [-0.2, 0) is 0 Å². The van der Waals surface area contributed by atoms with E-state index in [1.807, 2.05) is 0 Å². The Morgan fingerprint density at radius 3 is 2.44 bits per heavy atom. The Morgan fingerprint density at radius 1 is 1.28 bits per heavy atom. The van der Waals surface area contributed by atoms with E-state index in [4.69, 9.17) is 0 Å². The van der Waals surface area contributed by atoms with Crippen LogP contribution in [0.3, 0.4) is 0 Å². The van der Waals surface area contributed by atoms with Crippen molar-refractivity contribution in [2.75, 3.05) is 19.6 Å². The molecule has 0 amide bonds. The monoisotopic (exact) mass is 254 g/mol. The lowest BCUT2D eigenvalue weighted by Crippen LogP contribution is -2.58. The summed E-state index contributed by atoms with van der Waals surface area (Å²) in [4.78, 5) is 2.75. The molecule has 0 aromatic rings. The Hall–Kier alpha value is -0.0800. The van der Waals surface area contributed by atoms with Gasteiger partial charge in [-0.15, -0.1) is 0 Å². The Kier molecular flexibility index (Phi) is 6.13. The lowest BCUT2D eigenvalue weighted by molar-refractivity contribution is 0.0944. The van der Waals surface area contributed by atoms with Crippen LogP contribution >= 0.6 is 0 Å². The molecule has 0 spiro atoms. The van der Waals surface area contributed by atoms with Gasteiger partial charge in [0.05, 0.1) is 0 Å². The predicted molar refractivity (Wildman–Crippen MR) is 81.0 cm³/mol. The maximum absolute atomic E-state index is 3.74. The summed E-state index contributed by atoms with van der Waals surface area (Å²) in [5, 5.41) is 3.74. The van der Waals surface area contributed by atoms with E-state index in [1.54, 1.807) is 0 Å². The number of piperazine rings is 1. The highest BCUT2D eigenvalue weighted by atomic mass is 15.2.